The molecule has 3 nitrogen and oxygen atoms in total. The third kappa shape index (κ3) is 3.48. The zero-order valence-corrected chi connectivity index (χ0v) is 10.5. The van der Waals surface area contributed by atoms with Crippen LogP contribution in [0.5, 0.6) is 0 Å². The summed E-state index contributed by atoms with van der Waals surface area (Å²) in [5, 5.41) is 6.51. The molecule has 0 saturated heterocycles. The summed E-state index contributed by atoms with van der Waals surface area (Å²) in [5.74, 6) is 1.05. The van der Waals surface area contributed by atoms with Crippen molar-refractivity contribution in [2.75, 3.05) is 0 Å². The second kappa shape index (κ2) is 5.17. The Morgan fingerprint density at radius 2 is 1.62 bits per heavy atom. The van der Waals surface area contributed by atoms with Crippen LogP contribution in [0.25, 0.3) is 0 Å². The van der Waals surface area contributed by atoms with Crippen LogP contribution in [-0.4, -0.2) is 24.0 Å². The number of amides is 1. The molecule has 0 aromatic rings. The molecule has 0 aromatic heterocycles. The largest absolute Gasteiger partial charge is 0.352 e. The van der Waals surface area contributed by atoms with Crippen molar-refractivity contribution in [1.29, 1.82) is 0 Å². The van der Waals surface area contributed by atoms with Crippen molar-refractivity contribution >= 4 is 5.91 Å². The standard InChI is InChI=1S/C13H24N2O/c1-9-3-5-11(6-4-9)14-10(2)13(16)15-12-7-8-12/h9-12,14H,3-8H2,1-2H3,(H,15,16). The van der Waals surface area contributed by atoms with Crippen LogP contribution in [0.2, 0.25) is 0 Å². The Kier molecular flexibility index (Phi) is 3.85. The number of carbonyl (C=O) groups is 1. The van der Waals surface area contributed by atoms with Gasteiger partial charge in [-0.2, -0.15) is 0 Å². The van der Waals surface area contributed by atoms with Crippen LogP contribution in [0.3, 0.4) is 0 Å². The molecule has 3 heteroatoms. The monoisotopic (exact) mass is 224 g/mol. The number of hydrogen-bond donors (Lipinski definition) is 2. The van der Waals surface area contributed by atoms with Crippen LogP contribution < -0.4 is 10.6 Å². The number of hydrogen-bond acceptors (Lipinski definition) is 2. The third-order valence-electron chi connectivity index (χ3n) is 3.82. The molecular weight excluding hydrogens is 200 g/mol. The second-order valence-electron chi connectivity index (χ2n) is 5.63. The minimum atomic E-state index is -0.0287. The van der Waals surface area contributed by atoms with Crippen molar-refractivity contribution in [3.63, 3.8) is 0 Å². The van der Waals surface area contributed by atoms with Crippen LogP contribution in [0.15, 0.2) is 0 Å². The molecule has 0 spiro atoms. The molecule has 2 rings (SSSR count). The molecule has 16 heavy (non-hydrogen) atoms. The van der Waals surface area contributed by atoms with E-state index >= 15 is 0 Å². The number of carbonyl (C=O) groups excluding carboxylic acids is 1. The fraction of sp³-hybridized carbons (Fsp3) is 0.923. The van der Waals surface area contributed by atoms with Gasteiger partial charge in [-0.15, -0.1) is 0 Å². The molecule has 0 heterocycles. The van der Waals surface area contributed by atoms with Gasteiger partial charge in [0.1, 0.15) is 0 Å². The van der Waals surface area contributed by atoms with Gasteiger partial charge in [0, 0.05) is 12.1 Å². The van der Waals surface area contributed by atoms with Gasteiger partial charge in [0.2, 0.25) is 5.91 Å². The van der Waals surface area contributed by atoms with Gasteiger partial charge in [-0.3, -0.25) is 4.79 Å². The summed E-state index contributed by atoms with van der Waals surface area (Å²) in [6, 6.07) is 0.998. The molecular formula is C13H24N2O. The second-order valence-corrected chi connectivity index (χ2v) is 5.63. The van der Waals surface area contributed by atoms with E-state index in [1.807, 2.05) is 6.92 Å². The molecule has 1 amide bonds. The van der Waals surface area contributed by atoms with E-state index in [1.54, 1.807) is 0 Å². The van der Waals surface area contributed by atoms with Gasteiger partial charge in [-0.05, 0) is 51.4 Å². The maximum Gasteiger partial charge on any atom is 0.237 e. The molecule has 0 radical (unpaired) electrons. The molecule has 2 fully saturated rings. The smallest absolute Gasteiger partial charge is 0.237 e. The molecule has 2 saturated carbocycles. The first kappa shape index (κ1) is 11.9. The van der Waals surface area contributed by atoms with Gasteiger partial charge < -0.3 is 10.6 Å². The lowest BCUT2D eigenvalue weighted by molar-refractivity contribution is -0.123. The van der Waals surface area contributed by atoms with Crippen molar-refractivity contribution in [2.45, 2.75) is 70.5 Å². The number of nitrogens with one attached hydrogen (secondary N) is 2. The van der Waals surface area contributed by atoms with Gasteiger partial charge in [-0.25, -0.2) is 0 Å². The summed E-state index contributed by atoms with van der Waals surface area (Å²) >= 11 is 0. The Morgan fingerprint density at radius 3 is 2.19 bits per heavy atom. The predicted molar refractivity (Wildman–Crippen MR) is 65.2 cm³/mol. The molecule has 92 valence electrons. The number of rotatable bonds is 4. The normalized spacial score (nSPS) is 32.1. The fourth-order valence-corrected chi connectivity index (χ4v) is 2.41. The molecule has 0 aromatic carbocycles. The van der Waals surface area contributed by atoms with Gasteiger partial charge in [0.05, 0.1) is 6.04 Å². The lowest BCUT2D eigenvalue weighted by atomic mass is 9.87. The first-order valence-electron chi connectivity index (χ1n) is 6.71. The van der Waals surface area contributed by atoms with Gasteiger partial charge >= 0.3 is 0 Å². The molecule has 0 bridgehead atoms. The van der Waals surface area contributed by atoms with E-state index in [2.05, 4.69) is 17.6 Å². The van der Waals surface area contributed by atoms with Crippen LogP contribution in [0.1, 0.15) is 52.4 Å². The lowest BCUT2D eigenvalue weighted by Gasteiger charge is -2.29. The Morgan fingerprint density at radius 1 is 1.06 bits per heavy atom. The molecule has 2 aliphatic rings. The van der Waals surface area contributed by atoms with E-state index in [1.165, 1.54) is 38.5 Å². The summed E-state index contributed by atoms with van der Waals surface area (Å²) in [6.07, 6.45) is 7.38. The Labute approximate surface area is 98.4 Å². The van der Waals surface area contributed by atoms with Crippen LogP contribution in [0.4, 0.5) is 0 Å². The predicted octanol–water partition coefficient (Wildman–Crippen LogP) is 1.82. The maximum atomic E-state index is 11.8. The third-order valence-corrected chi connectivity index (χ3v) is 3.82. The first-order valence-corrected chi connectivity index (χ1v) is 6.71. The van der Waals surface area contributed by atoms with E-state index in [0.29, 0.717) is 12.1 Å². The van der Waals surface area contributed by atoms with Gasteiger partial charge in [0.25, 0.3) is 0 Å². The van der Waals surface area contributed by atoms with Crippen molar-refractivity contribution in [3.05, 3.63) is 0 Å². The van der Waals surface area contributed by atoms with E-state index < -0.39 is 0 Å². The maximum absolute atomic E-state index is 11.8. The molecule has 2 N–H and O–H groups in total. The quantitative estimate of drug-likeness (QED) is 0.765. The highest BCUT2D eigenvalue weighted by Crippen LogP contribution is 2.24. The Hall–Kier alpha value is -0.570. The van der Waals surface area contributed by atoms with Gasteiger partial charge in [-0.1, -0.05) is 6.92 Å². The average Bonchev–Trinajstić information content (AvgIpc) is 3.05. The lowest BCUT2D eigenvalue weighted by Crippen LogP contribution is -2.48. The molecule has 1 atom stereocenters. The SMILES string of the molecule is CC1CCC(NC(C)C(=O)NC2CC2)CC1. The zero-order chi connectivity index (χ0) is 11.5. The van der Waals surface area contributed by atoms with Gasteiger partial charge in [0.15, 0.2) is 0 Å². The summed E-state index contributed by atoms with van der Waals surface area (Å²) in [6.45, 7) is 4.30. The highest BCUT2D eigenvalue weighted by molar-refractivity contribution is 5.81. The average molecular weight is 224 g/mol. The fourth-order valence-electron chi connectivity index (χ4n) is 2.41. The summed E-state index contributed by atoms with van der Waals surface area (Å²) in [7, 11) is 0. The topological polar surface area (TPSA) is 41.1 Å². The zero-order valence-electron chi connectivity index (χ0n) is 10.5. The van der Waals surface area contributed by atoms with Crippen molar-refractivity contribution in [1.82, 2.24) is 10.6 Å². The van der Waals surface area contributed by atoms with Crippen LogP contribution in [0, 0.1) is 5.92 Å². The van der Waals surface area contributed by atoms with E-state index in [4.69, 9.17) is 0 Å². The summed E-state index contributed by atoms with van der Waals surface area (Å²) in [4.78, 5) is 11.8. The minimum Gasteiger partial charge on any atom is -0.352 e. The first-order chi connectivity index (χ1) is 7.65. The van der Waals surface area contributed by atoms with Crippen molar-refractivity contribution in [3.8, 4) is 0 Å². The van der Waals surface area contributed by atoms with E-state index in [9.17, 15) is 4.79 Å². The van der Waals surface area contributed by atoms with Crippen LogP contribution >= 0.6 is 0 Å². The summed E-state index contributed by atoms with van der Waals surface area (Å²) < 4.78 is 0. The summed E-state index contributed by atoms with van der Waals surface area (Å²) in [5.41, 5.74) is 0. The Bertz CT molecular complexity index is 242. The van der Waals surface area contributed by atoms with E-state index in [-0.39, 0.29) is 11.9 Å². The van der Waals surface area contributed by atoms with Crippen molar-refractivity contribution < 1.29 is 4.79 Å². The van der Waals surface area contributed by atoms with Crippen LogP contribution in [-0.2, 0) is 4.79 Å². The molecule has 2 aliphatic carbocycles. The molecule has 1 unspecified atom stereocenters. The van der Waals surface area contributed by atoms with E-state index in [0.717, 1.165) is 5.92 Å². The Balaban J connectivity index is 1.69. The minimum absolute atomic E-state index is 0.0287. The highest BCUT2D eigenvalue weighted by atomic mass is 16.2. The molecule has 0 aliphatic heterocycles. The van der Waals surface area contributed by atoms with Crippen molar-refractivity contribution in [2.24, 2.45) is 5.92 Å². The highest BCUT2D eigenvalue weighted by Gasteiger charge is 2.27.